The van der Waals surface area contributed by atoms with Gasteiger partial charge in [0.25, 0.3) is 0 Å². The number of unbranched alkanes of at least 4 members (excludes halogenated alkanes) is 4. The molecule has 0 radical (unpaired) electrons. The van der Waals surface area contributed by atoms with Crippen molar-refractivity contribution in [2.75, 3.05) is 5.32 Å². The third-order valence-corrected chi connectivity index (χ3v) is 4.04. The largest absolute Gasteiger partial charge is 0.358 e. The molecule has 0 aromatic carbocycles. The lowest BCUT2D eigenvalue weighted by Gasteiger charge is -2.11. The zero-order chi connectivity index (χ0) is 14.1. The molecule has 1 aromatic heterocycles. The van der Waals surface area contributed by atoms with Gasteiger partial charge in [-0.3, -0.25) is 0 Å². The van der Waals surface area contributed by atoms with Gasteiger partial charge >= 0.3 is 0 Å². The molecule has 1 unspecified atom stereocenters. The summed E-state index contributed by atoms with van der Waals surface area (Å²) in [6, 6.07) is 0.501. The minimum absolute atomic E-state index is 0.501. The highest BCUT2D eigenvalue weighted by Crippen LogP contribution is 2.20. The van der Waals surface area contributed by atoms with Crippen LogP contribution < -0.4 is 5.32 Å². The second-order valence-corrected chi connectivity index (χ2v) is 6.91. The maximum atomic E-state index is 4.24. The maximum Gasteiger partial charge on any atom is 0.205 e. The van der Waals surface area contributed by atoms with Gasteiger partial charge < -0.3 is 5.32 Å². The van der Waals surface area contributed by atoms with E-state index in [-0.39, 0.29) is 0 Å². The van der Waals surface area contributed by atoms with E-state index in [1.807, 2.05) is 0 Å². The predicted octanol–water partition coefficient (Wildman–Crippen LogP) is 4.90. The number of hydrogen-bond donors (Lipinski definition) is 1. The molecule has 1 aromatic rings. The van der Waals surface area contributed by atoms with E-state index in [9.17, 15) is 0 Å². The van der Waals surface area contributed by atoms with E-state index < -0.39 is 0 Å². The molecule has 1 N–H and O–H groups in total. The van der Waals surface area contributed by atoms with Crippen LogP contribution in [0.25, 0.3) is 0 Å². The normalized spacial score (nSPS) is 12.9. The van der Waals surface area contributed by atoms with Crippen molar-refractivity contribution >= 4 is 16.5 Å². The Bertz CT molecular complexity index is 336. The molecule has 0 spiro atoms. The van der Waals surface area contributed by atoms with Crippen molar-refractivity contribution in [2.45, 2.75) is 78.7 Å². The van der Waals surface area contributed by atoms with E-state index in [0.29, 0.717) is 12.0 Å². The van der Waals surface area contributed by atoms with Crippen LogP contribution in [0.1, 0.15) is 71.2 Å². The summed E-state index contributed by atoms with van der Waals surface area (Å²) in [5.41, 5.74) is 0. The summed E-state index contributed by atoms with van der Waals surface area (Å²) in [5.74, 6) is 0.650. The van der Waals surface area contributed by atoms with Gasteiger partial charge in [0.15, 0.2) is 0 Å². The Kier molecular flexibility index (Phi) is 8.03. The Balaban J connectivity index is 2.20. The van der Waals surface area contributed by atoms with Crippen LogP contribution in [0.5, 0.6) is 0 Å². The van der Waals surface area contributed by atoms with Crippen molar-refractivity contribution < 1.29 is 0 Å². The second kappa shape index (κ2) is 9.29. The summed E-state index contributed by atoms with van der Waals surface area (Å²) in [7, 11) is 0. The Hall–Kier alpha value is -0.640. The average Bonchev–Trinajstić information content (AvgIpc) is 2.75. The van der Waals surface area contributed by atoms with E-state index in [0.717, 1.165) is 16.6 Å². The second-order valence-electron chi connectivity index (χ2n) is 5.85. The van der Waals surface area contributed by atoms with Gasteiger partial charge in [-0.05, 0) is 19.3 Å². The third kappa shape index (κ3) is 7.51. The summed E-state index contributed by atoms with van der Waals surface area (Å²) in [5, 5.41) is 14.1. The van der Waals surface area contributed by atoms with Gasteiger partial charge in [0, 0.05) is 12.5 Å². The van der Waals surface area contributed by atoms with Crippen molar-refractivity contribution in [3.63, 3.8) is 0 Å². The van der Waals surface area contributed by atoms with Crippen molar-refractivity contribution in [1.29, 1.82) is 0 Å². The minimum atomic E-state index is 0.501. The van der Waals surface area contributed by atoms with Gasteiger partial charge in [-0.15, -0.1) is 10.2 Å². The van der Waals surface area contributed by atoms with Crippen LogP contribution in [0.15, 0.2) is 0 Å². The van der Waals surface area contributed by atoms with Gasteiger partial charge in [-0.25, -0.2) is 0 Å². The van der Waals surface area contributed by atoms with E-state index in [2.05, 4.69) is 43.2 Å². The first-order valence-corrected chi connectivity index (χ1v) is 8.52. The predicted molar refractivity (Wildman–Crippen MR) is 84.9 cm³/mol. The van der Waals surface area contributed by atoms with Crippen molar-refractivity contribution in [1.82, 2.24) is 10.2 Å². The highest BCUT2D eigenvalue weighted by molar-refractivity contribution is 7.15. The zero-order valence-electron chi connectivity index (χ0n) is 12.9. The van der Waals surface area contributed by atoms with Crippen molar-refractivity contribution in [3.8, 4) is 0 Å². The Morgan fingerprint density at radius 3 is 2.47 bits per heavy atom. The topological polar surface area (TPSA) is 37.8 Å². The Morgan fingerprint density at radius 1 is 1.05 bits per heavy atom. The third-order valence-electron chi connectivity index (χ3n) is 3.16. The van der Waals surface area contributed by atoms with Crippen LogP contribution in [-0.4, -0.2) is 16.2 Å². The Morgan fingerprint density at radius 2 is 1.79 bits per heavy atom. The van der Waals surface area contributed by atoms with E-state index in [1.54, 1.807) is 11.3 Å². The molecular weight excluding hydrogens is 254 g/mol. The van der Waals surface area contributed by atoms with E-state index >= 15 is 0 Å². The maximum absolute atomic E-state index is 4.24. The number of hydrogen-bond acceptors (Lipinski definition) is 4. The molecule has 0 bridgehead atoms. The summed E-state index contributed by atoms with van der Waals surface area (Å²) in [6.07, 6.45) is 8.99. The smallest absolute Gasteiger partial charge is 0.205 e. The number of nitrogens with zero attached hydrogens (tertiary/aromatic N) is 2. The standard InChI is InChI=1S/C15H29N3S/c1-5-6-7-8-9-10-13(4)16-15-18-17-14(19-15)11-12(2)3/h12-13H,5-11H2,1-4H3,(H,16,18). The van der Waals surface area contributed by atoms with Crippen LogP contribution in [0.2, 0.25) is 0 Å². The molecule has 0 saturated carbocycles. The molecule has 0 aliphatic carbocycles. The molecule has 0 amide bonds. The van der Waals surface area contributed by atoms with Crippen LogP contribution >= 0.6 is 11.3 Å². The van der Waals surface area contributed by atoms with Crippen LogP contribution in [-0.2, 0) is 6.42 Å². The first-order valence-electron chi connectivity index (χ1n) is 7.70. The molecular formula is C15H29N3S. The lowest BCUT2D eigenvalue weighted by Crippen LogP contribution is -2.14. The number of rotatable bonds is 10. The fourth-order valence-corrected chi connectivity index (χ4v) is 3.14. The van der Waals surface area contributed by atoms with Gasteiger partial charge in [-0.1, -0.05) is 64.2 Å². The van der Waals surface area contributed by atoms with Gasteiger partial charge in [-0.2, -0.15) is 0 Å². The Labute approximate surface area is 122 Å². The van der Waals surface area contributed by atoms with Gasteiger partial charge in [0.05, 0.1) is 0 Å². The lowest BCUT2D eigenvalue weighted by molar-refractivity contribution is 0.578. The molecule has 0 saturated heterocycles. The summed E-state index contributed by atoms with van der Waals surface area (Å²) in [4.78, 5) is 0. The zero-order valence-corrected chi connectivity index (χ0v) is 13.7. The summed E-state index contributed by atoms with van der Waals surface area (Å²) >= 11 is 1.70. The molecule has 0 aliphatic rings. The monoisotopic (exact) mass is 283 g/mol. The van der Waals surface area contributed by atoms with Gasteiger partial charge in [0.1, 0.15) is 5.01 Å². The number of aromatic nitrogens is 2. The highest BCUT2D eigenvalue weighted by atomic mass is 32.1. The molecule has 110 valence electrons. The van der Waals surface area contributed by atoms with Crippen molar-refractivity contribution in [2.24, 2.45) is 5.92 Å². The molecule has 1 heterocycles. The molecule has 0 aliphatic heterocycles. The fourth-order valence-electron chi connectivity index (χ4n) is 2.08. The van der Waals surface area contributed by atoms with Crippen LogP contribution in [0.4, 0.5) is 5.13 Å². The quantitative estimate of drug-likeness (QED) is 0.621. The summed E-state index contributed by atoms with van der Waals surface area (Å²) in [6.45, 7) is 8.93. The molecule has 4 heteroatoms. The SMILES string of the molecule is CCCCCCCC(C)Nc1nnc(CC(C)C)s1. The first kappa shape index (κ1) is 16.4. The van der Waals surface area contributed by atoms with E-state index in [4.69, 9.17) is 0 Å². The van der Waals surface area contributed by atoms with Crippen molar-refractivity contribution in [3.05, 3.63) is 5.01 Å². The average molecular weight is 283 g/mol. The molecule has 0 fully saturated rings. The lowest BCUT2D eigenvalue weighted by atomic mass is 10.1. The highest BCUT2D eigenvalue weighted by Gasteiger charge is 2.08. The number of anilines is 1. The molecule has 1 atom stereocenters. The van der Waals surface area contributed by atoms with Crippen LogP contribution in [0, 0.1) is 5.92 Å². The number of nitrogens with one attached hydrogen (secondary N) is 1. The van der Waals surface area contributed by atoms with Crippen LogP contribution in [0.3, 0.4) is 0 Å². The molecule has 19 heavy (non-hydrogen) atoms. The van der Waals surface area contributed by atoms with E-state index in [1.165, 1.54) is 38.5 Å². The first-order chi connectivity index (χ1) is 9.11. The summed E-state index contributed by atoms with van der Waals surface area (Å²) < 4.78 is 0. The molecule has 1 rings (SSSR count). The minimum Gasteiger partial charge on any atom is -0.358 e. The van der Waals surface area contributed by atoms with Gasteiger partial charge in [0.2, 0.25) is 5.13 Å². The molecule has 3 nitrogen and oxygen atoms in total. The fraction of sp³-hybridized carbons (Fsp3) is 0.867.